The van der Waals surface area contributed by atoms with Crippen LogP contribution in [0.3, 0.4) is 0 Å². The third-order valence-corrected chi connectivity index (χ3v) is 7.13. The molecule has 10 nitrogen and oxygen atoms in total. The number of primary amides is 1. The molecule has 0 radical (unpaired) electrons. The van der Waals surface area contributed by atoms with E-state index in [1.807, 2.05) is 44.2 Å². The first-order chi connectivity index (χ1) is 21.1. The van der Waals surface area contributed by atoms with Gasteiger partial charge in [-0.15, -0.1) is 0 Å². The van der Waals surface area contributed by atoms with Crippen LogP contribution in [0.25, 0.3) is 0 Å². The van der Waals surface area contributed by atoms with Gasteiger partial charge in [0.1, 0.15) is 17.6 Å². The number of hydrogen-bond donors (Lipinski definition) is 6. The molecule has 0 saturated heterocycles. The van der Waals surface area contributed by atoms with Crippen LogP contribution >= 0.6 is 0 Å². The Kier molecular flexibility index (Phi) is 15.0. The van der Waals surface area contributed by atoms with E-state index in [9.17, 15) is 24.9 Å². The number of ether oxygens (including phenoxy) is 2. The number of phenols is 2. The summed E-state index contributed by atoms with van der Waals surface area (Å²) in [6.07, 6.45) is 5.85. The van der Waals surface area contributed by atoms with Gasteiger partial charge in [-0.2, -0.15) is 0 Å². The van der Waals surface area contributed by atoms with E-state index in [-0.39, 0.29) is 17.2 Å². The minimum absolute atomic E-state index is 0.0805. The number of allylic oxidation sites excluding steroid dienone is 2. The molecule has 3 rings (SSSR count). The quantitative estimate of drug-likeness (QED) is 0.135. The van der Waals surface area contributed by atoms with E-state index < -0.39 is 30.3 Å². The number of aliphatic hydroxyl groups is 1. The zero-order valence-corrected chi connectivity index (χ0v) is 26.3. The van der Waals surface area contributed by atoms with Crippen LogP contribution in [-0.2, 0) is 27.2 Å². The number of aromatic hydroxyl groups is 2. The molecule has 2 aromatic rings. The Morgan fingerprint density at radius 1 is 1.14 bits per heavy atom. The fraction of sp³-hybridized carbons (Fsp3) is 0.412. The van der Waals surface area contributed by atoms with E-state index in [4.69, 9.17) is 15.2 Å². The van der Waals surface area contributed by atoms with Gasteiger partial charge < -0.3 is 41.2 Å². The Morgan fingerprint density at radius 2 is 1.84 bits per heavy atom. The highest BCUT2D eigenvalue weighted by molar-refractivity contribution is 6.04. The molecular formula is C34H47N3O7. The number of hydrogen-bond acceptors (Lipinski definition) is 8. The van der Waals surface area contributed by atoms with Gasteiger partial charge in [-0.1, -0.05) is 74.9 Å². The Balaban J connectivity index is 0.00000330. The van der Waals surface area contributed by atoms with Crippen molar-refractivity contribution in [1.29, 1.82) is 0 Å². The molecule has 2 aromatic carbocycles. The number of aliphatic hydroxyl groups excluding tert-OH is 1. The molecule has 10 heteroatoms. The lowest BCUT2D eigenvalue weighted by Crippen LogP contribution is -2.34. The molecule has 0 aromatic heterocycles. The van der Waals surface area contributed by atoms with Gasteiger partial charge in [0.05, 0.1) is 17.5 Å². The van der Waals surface area contributed by atoms with Crippen molar-refractivity contribution in [3.8, 4) is 11.5 Å². The summed E-state index contributed by atoms with van der Waals surface area (Å²) in [7, 11) is 1.46. The third-order valence-electron chi connectivity index (χ3n) is 7.13. The molecule has 0 spiro atoms. The van der Waals surface area contributed by atoms with Gasteiger partial charge in [0.25, 0.3) is 5.91 Å². The third kappa shape index (κ3) is 10.8. The molecule has 7 N–H and O–H groups in total. The highest BCUT2D eigenvalue weighted by Gasteiger charge is 2.25. The molecule has 1 aliphatic rings. The lowest BCUT2D eigenvalue weighted by atomic mass is 9.99. The molecule has 2 amide bonds. The fourth-order valence-electron chi connectivity index (χ4n) is 4.73. The first kappa shape index (κ1) is 35.9. The standard InChI is InChI=1S/C32H41N3O7.C2H6/c1-20-16-17-23(36)13-7-8-14-24-28(34-19-22-11-5-4-6-12-22)26(37)18-25(29(24)38)35-31(39)21(2)10-9-15-27(41-3)30(20)42-32(33)40;1-2/h4-6,9-12,15-16,18,23,27,30,34,36-38H,7-8,13-14,17,19H2,1-3H3,(H2,33,40)(H,35,39);1-2H3/b15-9-,20-16+,21-10+;. The maximum Gasteiger partial charge on any atom is 0.405 e. The Bertz CT molecular complexity index is 1320. The van der Waals surface area contributed by atoms with Crippen LogP contribution in [0.15, 0.2) is 71.8 Å². The van der Waals surface area contributed by atoms with E-state index >= 15 is 0 Å². The van der Waals surface area contributed by atoms with Crippen LogP contribution in [-0.4, -0.2) is 52.7 Å². The molecule has 3 unspecified atom stereocenters. The van der Waals surface area contributed by atoms with Crippen LogP contribution in [0.4, 0.5) is 16.2 Å². The van der Waals surface area contributed by atoms with E-state index in [0.29, 0.717) is 61.0 Å². The number of rotatable bonds is 5. The summed E-state index contributed by atoms with van der Waals surface area (Å²) in [5, 5.41) is 38.7. The van der Waals surface area contributed by atoms with Crippen molar-refractivity contribution in [2.45, 2.75) is 84.7 Å². The fourth-order valence-corrected chi connectivity index (χ4v) is 4.73. The van der Waals surface area contributed by atoms with Crippen molar-refractivity contribution in [3.05, 3.63) is 83.0 Å². The molecule has 0 fully saturated rings. The van der Waals surface area contributed by atoms with E-state index in [2.05, 4.69) is 10.6 Å². The monoisotopic (exact) mass is 609 g/mol. The van der Waals surface area contributed by atoms with Crippen molar-refractivity contribution in [1.82, 2.24) is 0 Å². The molecule has 1 aliphatic heterocycles. The topological polar surface area (TPSA) is 163 Å². The average Bonchev–Trinajstić information content (AvgIpc) is 3.01. The van der Waals surface area contributed by atoms with Gasteiger partial charge in [-0.05, 0) is 50.7 Å². The molecule has 3 atom stereocenters. The summed E-state index contributed by atoms with van der Waals surface area (Å²) >= 11 is 0. The summed E-state index contributed by atoms with van der Waals surface area (Å²) in [6.45, 7) is 7.79. The van der Waals surface area contributed by atoms with Crippen molar-refractivity contribution < 1.29 is 34.4 Å². The number of carbonyl (C=O) groups is 2. The highest BCUT2D eigenvalue weighted by atomic mass is 16.6. The number of methoxy groups -OCH3 is 1. The van der Waals surface area contributed by atoms with Gasteiger partial charge >= 0.3 is 6.09 Å². The van der Waals surface area contributed by atoms with E-state index in [1.54, 1.807) is 38.2 Å². The predicted molar refractivity (Wildman–Crippen MR) is 174 cm³/mol. The second-order valence-corrected chi connectivity index (χ2v) is 10.3. The maximum atomic E-state index is 13.0. The largest absolute Gasteiger partial charge is 0.506 e. The Labute approximate surface area is 260 Å². The molecule has 240 valence electrons. The van der Waals surface area contributed by atoms with Crippen molar-refractivity contribution in [2.24, 2.45) is 5.73 Å². The normalized spacial score (nSPS) is 23.0. The van der Waals surface area contributed by atoms with Crippen LogP contribution in [0, 0.1) is 0 Å². The summed E-state index contributed by atoms with van der Waals surface area (Å²) in [6, 6.07) is 11.0. The van der Waals surface area contributed by atoms with Crippen molar-refractivity contribution in [2.75, 3.05) is 17.7 Å². The summed E-state index contributed by atoms with van der Waals surface area (Å²) in [5.41, 5.74) is 8.21. The molecule has 2 bridgehead atoms. The second kappa shape index (κ2) is 18.4. The number of nitrogens with two attached hydrogens (primary N) is 1. The zero-order valence-electron chi connectivity index (χ0n) is 26.3. The Morgan fingerprint density at radius 3 is 2.50 bits per heavy atom. The van der Waals surface area contributed by atoms with E-state index in [0.717, 1.165) is 5.56 Å². The predicted octanol–water partition coefficient (Wildman–Crippen LogP) is 6.08. The minimum atomic E-state index is -0.962. The molecule has 1 heterocycles. The first-order valence-corrected chi connectivity index (χ1v) is 15.0. The maximum absolute atomic E-state index is 13.0. The molecule has 44 heavy (non-hydrogen) atoms. The molecule has 0 aliphatic carbocycles. The zero-order chi connectivity index (χ0) is 32.6. The van der Waals surface area contributed by atoms with Gasteiger partial charge in [0.15, 0.2) is 6.10 Å². The van der Waals surface area contributed by atoms with Crippen LogP contribution in [0.2, 0.25) is 0 Å². The first-order valence-electron chi connectivity index (χ1n) is 15.0. The number of anilines is 2. The van der Waals surface area contributed by atoms with Gasteiger partial charge in [0, 0.05) is 30.9 Å². The highest BCUT2D eigenvalue weighted by Crippen LogP contribution is 2.42. The lowest BCUT2D eigenvalue weighted by molar-refractivity contribution is -0.112. The van der Waals surface area contributed by atoms with Crippen molar-refractivity contribution in [3.63, 3.8) is 0 Å². The second-order valence-electron chi connectivity index (χ2n) is 10.3. The summed E-state index contributed by atoms with van der Waals surface area (Å²) in [4.78, 5) is 24.6. The van der Waals surface area contributed by atoms with Crippen LogP contribution in [0.1, 0.15) is 64.5 Å². The molecular weight excluding hydrogens is 562 g/mol. The van der Waals surface area contributed by atoms with Crippen LogP contribution in [0.5, 0.6) is 11.5 Å². The number of carbonyl (C=O) groups excluding carboxylic acids is 2. The number of nitrogens with one attached hydrogen (secondary N) is 2. The number of fused-ring (bicyclic) bond motifs is 2. The van der Waals surface area contributed by atoms with E-state index in [1.165, 1.54) is 13.2 Å². The smallest absolute Gasteiger partial charge is 0.405 e. The number of phenolic OH excluding ortho intramolecular Hbond substituents is 2. The van der Waals surface area contributed by atoms with Gasteiger partial charge in [-0.3, -0.25) is 4.79 Å². The summed E-state index contributed by atoms with van der Waals surface area (Å²) < 4.78 is 10.8. The Hall–Kier alpha value is -4.28. The minimum Gasteiger partial charge on any atom is -0.506 e. The van der Waals surface area contributed by atoms with Crippen molar-refractivity contribution >= 4 is 23.4 Å². The molecule has 0 saturated carbocycles. The lowest BCUT2D eigenvalue weighted by Gasteiger charge is -2.24. The summed E-state index contributed by atoms with van der Waals surface area (Å²) in [5.74, 6) is -0.727. The van der Waals surface area contributed by atoms with Gasteiger partial charge in [0.2, 0.25) is 0 Å². The SMILES string of the molecule is CC.COC1/C=C\C=C(/C)C(=O)Nc2cc(O)c(NCc3ccccc3)c(c2O)CCCCC(O)C/C=C(\C)C1OC(N)=O. The number of amides is 2. The van der Waals surface area contributed by atoms with Gasteiger partial charge in [-0.25, -0.2) is 4.79 Å². The average molecular weight is 610 g/mol. The number of benzene rings is 2. The van der Waals surface area contributed by atoms with Crippen LogP contribution < -0.4 is 16.4 Å².